The molecule has 0 radical (unpaired) electrons. The van der Waals surface area contributed by atoms with E-state index in [9.17, 15) is 0 Å². The molecule has 0 unspecified atom stereocenters. The van der Waals surface area contributed by atoms with E-state index in [4.69, 9.17) is 10.3 Å². The first kappa shape index (κ1) is 7.93. The highest BCUT2D eigenvalue weighted by atomic mass is 16.5. The van der Waals surface area contributed by atoms with Gasteiger partial charge in [0.05, 0.1) is 0 Å². The van der Waals surface area contributed by atoms with Crippen molar-refractivity contribution < 1.29 is 9.05 Å². The first-order valence-electron chi connectivity index (χ1n) is 3.83. The second-order valence-corrected chi connectivity index (χ2v) is 2.44. The van der Waals surface area contributed by atoms with E-state index in [2.05, 4.69) is 19.8 Å². The summed E-state index contributed by atoms with van der Waals surface area (Å²) in [6.45, 7) is 0.498. The fourth-order valence-electron chi connectivity index (χ4n) is 0.911. The molecule has 6 heteroatoms. The van der Waals surface area contributed by atoms with Gasteiger partial charge in [-0.25, -0.2) is 0 Å². The van der Waals surface area contributed by atoms with Crippen LogP contribution < -0.4 is 5.73 Å². The topological polar surface area (TPSA) is 91.0 Å². The molecule has 68 valence electrons. The molecule has 0 aliphatic carbocycles. The number of hydrogen-bond acceptors (Lipinski definition) is 6. The summed E-state index contributed by atoms with van der Waals surface area (Å²) >= 11 is 0. The van der Waals surface area contributed by atoms with Crippen LogP contribution in [-0.2, 0) is 6.42 Å². The van der Waals surface area contributed by atoms with Crippen molar-refractivity contribution in [2.24, 2.45) is 5.73 Å². The molecule has 0 saturated heterocycles. The van der Waals surface area contributed by atoms with Gasteiger partial charge in [0.25, 0.3) is 5.89 Å². The Morgan fingerprint density at radius 1 is 1.38 bits per heavy atom. The van der Waals surface area contributed by atoms with E-state index in [0.717, 1.165) is 0 Å². The van der Waals surface area contributed by atoms with E-state index in [-0.39, 0.29) is 0 Å². The van der Waals surface area contributed by atoms with Gasteiger partial charge in [-0.05, 0) is 6.54 Å². The average molecular weight is 180 g/mol. The number of rotatable bonds is 3. The van der Waals surface area contributed by atoms with Gasteiger partial charge in [0, 0.05) is 12.5 Å². The summed E-state index contributed by atoms with van der Waals surface area (Å²) in [4.78, 5) is 4.06. The number of nitrogens with zero attached hydrogens (tertiary/aromatic N) is 3. The molecule has 0 bridgehead atoms. The van der Waals surface area contributed by atoms with Crippen LogP contribution in [0, 0.1) is 0 Å². The lowest BCUT2D eigenvalue weighted by molar-refractivity contribution is 0.401. The zero-order valence-electron chi connectivity index (χ0n) is 6.80. The Labute approximate surface area is 73.7 Å². The summed E-state index contributed by atoms with van der Waals surface area (Å²) in [7, 11) is 0. The maximum Gasteiger partial charge on any atom is 0.280 e. The van der Waals surface area contributed by atoms with Crippen molar-refractivity contribution in [1.82, 2.24) is 15.3 Å². The molecule has 0 saturated carbocycles. The molecule has 0 fully saturated rings. The molecule has 2 aromatic rings. The van der Waals surface area contributed by atoms with Crippen LogP contribution in [0.5, 0.6) is 0 Å². The molecule has 0 aliphatic heterocycles. The number of aromatic nitrogens is 3. The van der Waals surface area contributed by atoms with Crippen LogP contribution in [0.1, 0.15) is 5.82 Å². The first-order valence-corrected chi connectivity index (χ1v) is 3.83. The quantitative estimate of drug-likeness (QED) is 0.726. The molecule has 0 aliphatic rings. The lowest BCUT2D eigenvalue weighted by atomic mass is 10.4. The van der Waals surface area contributed by atoms with Gasteiger partial charge in [0.2, 0.25) is 0 Å². The van der Waals surface area contributed by atoms with Crippen molar-refractivity contribution in [3.63, 3.8) is 0 Å². The van der Waals surface area contributed by atoms with Gasteiger partial charge in [-0.3, -0.25) is 0 Å². The van der Waals surface area contributed by atoms with E-state index >= 15 is 0 Å². The number of nitrogens with two attached hydrogens (primary N) is 1. The fourth-order valence-corrected chi connectivity index (χ4v) is 0.911. The van der Waals surface area contributed by atoms with Crippen molar-refractivity contribution in [3.8, 4) is 11.6 Å². The first-order chi connectivity index (χ1) is 6.40. The third-order valence-electron chi connectivity index (χ3n) is 1.49. The van der Waals surface area contributed by atoms with Gasteiger partial charge >= 0.3 is 0 Å². The molecule has 2 aromatic heterocycles. The lowest BCUT2D eigenvalue weighted by Gasteiger charge is -1.83. The van der Waals surface area contributed by atoms with E-state index in [1.165, 1.54) is 6.26 Å². The molecule has 2 heterocycles. The van der Waals surface area contributed by atoms with Crippen LogP contribution in [0.3, 0.4) is 0 Å². The fraction of sp³-hybridized carbons (Fsp3) is 0.286. The van der Waals surface area contributed by atoms with E-state index < -0.39 is 0 Å². The normalized spacial score (nSPS) is 10.5. The molecule has 0 atom stereocenters. The second-order valence-electron chi connectivity index (χ2n) is 2.44. The van der Waals surface area contributed by atoms with Crippen LogP contribution in [-0.4, -0.2) is 21.8 Å². The van der Waals surface area contributed by atoms with Gasteiger partial charge in [0.15, 0.2) is 11.5 Å². The maximum atomic E-state index is 5.33. The van der Waals surface area contributed by atoms with E-state index in [1.807, 2.05) is 0 Å². The van der Waals surface area contributed by atoms with Crippen molar-refractivity contribution in [3.05, 3.63) is 18.2 Å². The van der Waals surface area contributed by atoms with Crippen LogP contribution in [0.4, 0.5) is 0 Å². The Morgan fingerprint density at radius 2 is 2.31 bits per heavy atom. The monoisotopic (exact) mass is 180 g/mol. The summed E-state index contributed by atoms with van der Waals surface area (Å²) < 4.78 is 9.56. The Kier molecular flexibility index (Phi) is 2.05. The van der Waals surface area contributed by atoms with Gasteiger partial charge in [-0.15, -0.1) is 0 Å². The highest BCUT2D eigenvalue weighted by Gasteiger charge is 2.10. The third-order valence-corrected chi connectivity index (χ3v) is 1.49. The van der Waals surface area contributed by atoms with E-state index in [0.29, 0.717) is 30.4 Å². The second kappa shape index (κ2) is 3.36. The molecule has 2 N–H and O–H groups in total. The Bertz CT molecular complexity index is 368. The summed E-state index contributed by atoms with van der Waals surface area (Å²) in [5.41, 5.74) is 5.87. The largest absolute Gasteiger partial charge is 0.364 e. The molecule has 0 aromatic carbocycles. The summed E-state index contributed by atoms with van der Waals surface area (Å²) in [5.74, 6) is 0.942. The maximum absolute atomic E-state index is 5.33. The minimum Gasteiger partial charge on any atom is -0.364 e. The lowest BCUT2D eigenvalue weighted by Crippen LogP contribution is -2.03. The van der Waals surface area contributed by atoms with Crippen LogP contribution in [0.15, 0.2) is 21.4 Å². The highest BCUT2D eigenvalue weighted by Crippen LogP contribution is 2.13. The summed E-state index contributed by atoms with van der Waals surface area (Å²) in [6.07, 6.45) is 2.05. The molecular formula is C7H8N4O2. The van der Waals surface area contributed by atoms with Crippen molar-refractivity contribution in [1.29, 1.82) is 0 Å². The Morgan fingerprint density at radius 3 is 3.00 bits per heavy atom. The predicted octanol–water partition coefficient (Wildman–Crippen LogP) is 0.226. The summed E-state index contributed by atoms with van der Waals surface area (Å²) in [5, 5.41) is 7.37. The zero-order chi connectivity index (χ0) is 9.10. The third kappa shape index (κ3) is 1.57. The SMILES string of the molecule is NCCc1noc(-c2ccon2)n1. The van der Waals surface area contributed by atoms with Crippen LogP contribution >= 0.6 is 0 Å². The van der Waals surface area contributed by atoms with Gasteiger partial charge in [0.1, 0.15) is 6.26 Å². The smallest absolute Gasteiger partial charge is 0.280 e. The van der Waals surface area contributed by atoms with Crippen molar-refractivity contribution in [2.75, 3.05) is 6.54 Å². The average Bonchev–Trinajstić information content (AvgIpc) is 2.70. The minimum atomic E-state index is 0.359. The Hall–Kier alpha value is -1.69. The molecule has 0 amide bonds. The molecule has 2 rings (SSSR count). The zero-order valence-corrected chi connectivity index (χ0v) is 6.80. The predicted molar refractivity (Wildman–Crippen MR) is 42.6 cm³/mol. The van der Waals surface area contributed by atoms with E-state index in [1.54, 1.807) is 6.07 Å². The molecule has 0 spiro atoms. The highest BCUT2D eigenvalue weighted by molar-refractivity contribution is 5.43. The van der Waals surface area contributed by atoms with Crippen LogP contribution in [0.2, 0.25) is 0 Å². The van der Waals surface area contributed by atoms with Crippen molar-refractivity contribution in [2.45, 2.75) is 6.42 Å². The van der Waals surface area contributed by atoms with Gasteiger partial charge in [-0.2, -0.15) is 4.98 Å². The minimum absolute atomic E-state index is 0.359. The standard InChI is InChI=1S/C7H8N4O2/c8-3-1-6-9-7(13-11-6)5-2-4-12-10-5/h2,4H,1,3,8H2. The summed E-state index contributed by atoms with van der Waals surface area (Å²) in [6, 6.07) is 1.65. The molecule has 13 heavy (non-hydrogen) atoms. The van der Waals surface area contributed by atoms with Crippen LogP contribution in [0.25, 0.3) is 11.6 Å². The molecule has 6 nitrogen and oxygen atoms in total. The van der Waals surface area contributed by atoms with Crippen molar-refractivity contribution >= 4 is 0 Å². The number of hydrogen-bond donors (Lipinski definition) is 1. The molecular weight excluding hydrogens is 172 g/mol. The Balaban J connectivity index is 2.23. The van der Waals surface area contributed by atoms with Gasteiger partial charge < -0.3 is 14.8 Å². The van der Waals surface area contributed by atoms with Gasteiger partial charge in [-0.1, -0.05) is 10.3 Å².